The van der Waals surface area contributed by atoms with E-state index < -0.39 is 17.3 Å². The fraction of sp³-hybridized carbons (Fsp3) is 0.0952. The van der Waals surface area contributed by atoms with Gasteiger partial charge in [0.25, 0.3) is 5.56 Å². The highest BCUT2D eigenvalue weighted by Gasteiger charge is 2.31. The topological polar surface area (TPSA) is 38.8 Å². The van der Waals surface area contributed by atoms with E-state index in [1.807, 2.05) is 18.2 Å². The molecule has 0 atom stereocenters. The Kier molecular flexibility index (Phi) is 5.83. The van der Waals surface area contributed by atoms with Crippen LogP contribution in [0.15, 0.2) is 83.9 Å². The van der Waals surface area contributed by atoms with Crippen molar-refractivity contribution in [1.29, 1.82) is 0 Å². The summed E-state index contributed by atoms with van der Waals surface area (Å²) in [6, 6.07) is 17.0. The molecule has 4 aromatic rings. The van der Waals surface area contributed by atoms with Crippen LogP contribution in [-0.2, 0) is 12.7 Å². The molecular formula is C21H15BrF3N3O. The molecule has 4 nitrogen and oxygen atoms in total. The highest BCUT2D eigenvalue weighted by molar-refractivity contribution is 5.77. The molecule has 0 radical (unpaired) electrons. The average Bonchev–Trinajstić information content (AvgIpc) is 2.68. The molecule has 0 saturated carbocycles. The highest BCUT2D eigenvalue weighted by Crippen LogP contribution is 2.30. The molecule has 0 aliphatic heterocycles. The first kappa shape index (κ1) is 20.7. The zero-order valence-electron chi connectivity index (χ0n) is 15.0. The third-order valence-electron chi connectivity index (χ3n) is 4.38. The summed E-state index contributed by atoms with van der Waals surface area (Å²) in [6.45, 7) is 0.233. The van der Waals surface area contributed by atoms with Gasteiger partial charge in [0.15, 0.2) is 18.2 Å². The Bertz CT molecular complexity index is 1210. The van der Waals surface area contributed by atoms with E-state index in [1.165, 1.54) is 16.7 Å². The summed E-state index contributed by atoms with van der Waals surface area (Å²) in [5.74, 6) is 0.347. The first-order valence-electron chi connectivity index (χ1n) is 8.56. The molecule has 29 heavy (non-hydrogen) atoms. The second-order valence-electron chi connectivity index (χ2n) is 6.28. The van der Waals surface area contributed by atoms with Crippen molar-refractivity contribution in [2.45, 2.75) is 12.7 Å². The minimum absolute atomic E-state index is 0. The lowest BCUT2D eigenvalue weighted by molar-refractivity contribution is -0.689. The number of para-hydroxylation sites is 1. The van der Waals surface area contributed by atoms with Crippen LogP contribution in [-0.4, -0.2) is 9.55 Å². The van der Waals surface area contributed by atoms with Crippen LogP contribution in [0.1, 0.15) is 11.4 Å². The summed E-state index contributed by atoms with van der Waals surface area (Å²) in [7, 11) is 0. The number of benzene rings is 2. The predicted molar refractivity (Wildman–Crippen MR) is 98.1 cm³/mol. The minimum atomic E-state index is -4.50. The van der Waals surface area contributed by atoms with Gasteiger partial charge in [0.1, 0.15) is 0 Å². The van der Waals surface area contributed by atoms with Gasteiger partial charge < -0.3 is 17.0 Å². The molecule has 0 amide bonds. The Morgan fingerprint density at radius 1 is 0.931 bits per heavy atom. The van der Waals surface area contributed by atoms with Crippen LogP contribution in [0.5, 0.6) is 0 Å². The van der Waals surface area contributed by atoms with Crippen LogP contribution < -0.4 is 27.1 Å². The van der Waals surface area contributed by atoms with E-state index in [0.29, 0.717) is 16.7 Å². The molecule has 0 aliphatic carbocycles. The van der Waals surface area contributed by atoms with E-state index in [1.54, 1.807) is 41.2 Å². The number of aromatic nitrogens is 3. The summed E-state index contributed by atoms with van der Waals surface area (Å²) in [4.78, 5) is 17.7. The molecule has 0 aliphatic rings. The zero-order chi connectivity index (χ0) is 19.7. The van der Waals surface area contributed by atoms with Gasteiger partial charge in [-0.15, -0.1) is 0 Å². The molecule has 8 heteroatoms. The van der Waals surface area contributed by atoms with Crippen molar-refractivity contribution in [1.82, 2.24) is 9.55 Å². The van der Waals surface area contributed by atoms with Crippen molar-refractivity contribution in [2.24, 2.45) is 0 Å². The number of hydrogen-bond donors (Lipinski definition) is 0. The molecule has 2 aromatic carbocycles. The third-order valence-corrected chi connectivity index (χ3v) is 4.38. The van der Waals surface area contributed by atoms with Crippen LogP contribution in [0.2, 0.25) is 0 Å². The van der Waals surface area contributed by atoms with Crippen molar-refractivity contribution in [2.75, 3.05) is 0 Å². The van der Waals surface area contributed by atoms with Crippen molar-refractivity contribution in [3.05, 3.63) is 101 Å². The first-order valence-corrected chi connectivity index (χ1v) is 8.56. The number of pyridine rings is 1. The number of hydrogen-bond acceptors (Lipinski definition) is 2. The number of halogens is 4. The van der Waals surface area contributed by atoms with E-state index in [0.717, 1.165) is 12.1 Å². The monoisotopic (exact) mass is 461 g/mol. The van der Waals surface area contributed by atoms with E-state index in [-0.39, 0.29) is 29.2 Å². The quantitative estimate of drug-likeness (QED) is 0.422. The summed E-state index contributed by atoms with van der Waals surface area (Å²) < 4.78 is 42.6. The predicted octanol–water partition coefficient (Wildman–Crippen LogP) is 0.744. The van der Waals surface area contributed by atoms with E-state index in [9.17, 15) is 18.0 Å². The highest BCUT2D eigenvalue weighted by atomic mass is 79.9. The van der Waals surface area contributed by atoms with E-state index in [4.69, 9.17) is 0 Å². The summed E-state index contributed by atoms with van der Waals surface area (Å²) in [6.07, 6.45) is -0.895. The molecular weight excluding hydrogens is 447 g/mol. The van der Waals surface area contributed by atoms with Crippen LogP contribution in [0.25, 0.3) is 16.6 Å². The molecule has 0 N–H and O–H groups in total. The van der Waals surface area contributed by atoms with Gasteiger partial charge >= 0.3 is 6.18 Å². The maximum Gasteiger partial charge on any atom is 0.416 e. The van der Waals surface area contributed by atoms with E-state index in [2.05, 4.69) is 4.98 Å². The van der Waals surface area contributed by atoms with Gasteiger partial charge in [-0.1, -0.05) is 24.3 Å². The first-order chi connectivity index (χ1) is 13.4. The third kappa shape index (κ3) is 4.22. The Hall–Kier alpha value is -3.00. The molecule has 0 unspecified atom stereocenters. The SMILES string of the molecule is O=c1c2ccccc2nc(C[n+]2ccccc2)n1-c1cccc(C(F)(F)F)c1.[Br-]. The Labute approximate surface area is 174 Å². The number of rotatable bonds is 3. The minimum Gasteiger partial charge on any atom is -1.00 e. The van der Waals surface area contributed by atoms with Gasteiger partial charge in [-0.05, 0) is 30.3 Å². The average molecular weight is 462 g/mol. The lowest BCUT2D eigenvalue weighted by atomic mass is 10.1. The Balaban J connectivity index is 0.00000240. The molecule has 148 valence electrons. The van der Waals surface area contributed by atoms with Crippen molar-refractivity contribution in [3.8, 4) is 5.69 Å². The number of nitrogens with zero attached hydrogens (tertiary/aromatic N) is 3. The van der Waals surface area contributed by atoms with Crippen LogP contribution >= 0.6 is 0 Å². The molecule has 0 spiro atoms. The van der Waals surface area contributed by atoms with Crippen molar-refractivity contribution >= 4 is 10.9 Å². The molecule has 0 bridgehead atoms. The van der Waals surface area contributed by atoms with Gasteiger partial charge in [0.2, 0.25) is 6.54 Å². The molecule has 4 rings (SSSR count). The molecule has 0 fully saturated rings. The molecule has 2 heterocycles. The summed E-state index contributed by atoms with van der Waals surface area (Å²) in [5, 5.41) is 0.349. The maximum absolute atomic E-state index is 13.2. The van der Waals surface area contributed by atoms with Crippen molar-refractivity contribution in [3.63, 3.8) is 0 Å². The van der Waals surface area contributed by atoms with E-state index >= 15 is 0 Å². The zero-order valence-corrected chi connectivity index (χ0v) is 16.6. The van der Waals surface area contributed by atoms with Gasteiger partial charge in [-0.3, -0.25) is 9.36 Å². The summed E-state index contributed by atoms with van der Waals surface area (Å²) >= 11 is 0. The number of fused-ring (bicyclic) bond motifs is 1. The fourth-order valence-corrected chi connectivity index (χ4v) is 3.08. The normalized spacial score (nSPS) is 11.3. The standard InChI is InChI=1S/C21H15F3N3O.BrH/c22-21(23,24)15-7-6-8-16(13-15)27-19(14-26-11-4-1-5-12-26)25-18-10-3-2-9-17(18)20(27)28;/h1-13H,14H2;1H/q+1;/p-1. The lowest BCUT2D eigenvalue weighted by Gasteiger charge is -2.14. The Morgan fingerprint density at radius 2 is 1.66 bits per heavy atom. The fourth-order valence-electron chi connectivity index (χ4n) is 3.08. The Morgan fingerprint density at radius 3 is 2.38 bits per heavy atom. The van der Waals surface area contributed by atoms with Gasteiger partial charge in [-0.2, -0.15) is 17.7 Å². The van der Waals surface area contributed by atoms with Gasteiger partial charge in [-0.25, -0.2) is 4.98 Å². The van der Waals surface area contributed by atoms with Crippen molar-refractivity contribution < 1.29 is 34.7 Å². The number of alkyl halides is 3. The van der Waals surface area contributed by atoms with Crippen LogP contribution in [0.3, 0.4) is 0 Å². The second-order valence-corrected chi connectivity index (χ2v) is 6.28. The second kappa shape index (κ2) is 8.16. The van der Waals surface area contributed by atoms with Gasteiger partial charge in [0.05, 0.1) is 22.2 Å². The smallest absolute Gasteiger partial charge is 0.416 e. The largest absolute Gasteiger partial charge is 1.00 e. The summed E-state index contributed by atoms with van der Waals surface area (Å²) in [5.41, 5.74) is -0.591. The lowest BCUT2D eigenvalue weighted by Crippen LogP contribution is -3.00. The molecule has 0 saturated heterocycles. The maximum atomic E-state index is 13.2. The van der Waals surface area contributed by atoms with Gasteiger partial charge in [0, 0.05) is 12.1 Å². The van der Waals surface area contributed by atoms with Crippen LogP contribution in [0.4, 0.5) is 13.2 Å². The molecule has 2 aromatic heterocycles. The van der Waals surface area contributed by atoms with Crippen LogP contribution in [0, 0.1) is 0 Å².